The highest BCUT2D eigenvalue weighted by Gasteiger charge is 2.09. The first-order valence-corrected chi connectivity index (χ1v) is 7.62. The third kappa shape index (κ3) is 6.99. The predicted octanol–water partition coefficient (Wildman–Crippen LogP) is 2.37. The first kappa shape index (κ1) is 17.3. The number of urea groups is 1. The number of amides is 3. The minimum atomic E-state index is -0.520. The average Bonchev–Trinajstić information content (AvgIpc) is 2.39. The molecule has 0 aromatic heterocycles. The van der Waals surface area contributed by atoms with Crippen LogP contribution in [0, 0.1) is 11.7 Å². The van der Waals surface area contributed by atoms with Crippen molar-refractivity contribution in [1.29, 1.82) is 0 Å². The van der Waals surface area contributed by atoms with Gasteiger partial charge in [0.1, 0.15) is 5.82 Å². The predicted molar refractivity (Wildman–Crippen MR) is 82.5 cm³/mol. The van der Waals surface area contributed by atoms with Gasteiger partial charge in [0.2, 0.25) is 5.91 Å². The molecular formula is C14H20FN3O2S. The number of thioether (sulfide) groups is 1. The number of imide groups is 1. The van der Waals surface area contributed by atoms with Gasteiger partial charge in [0.25, 0.3) is 0 Å². The zero-order chi connectivity index (χ0) is 15.8. The second kappa shape index (κ2) is 8.51. The Labute approximate surface area is 127 Å². The Hall–Kier alpha value is -1.76. The van der Waals surface area contributed by atoms with Crippen LogP contribution in [-0.2, 0) is 4.79 Å². The fourth-order valence-corrected chi connectivity index (χ4v) is 2.25. The Morgan fingerprint density at radius 1 is 1.38 bits per heavy atom. The average molecular weight is 313 g/mol. The van der Waals surface area contributed by atoms with E-state index in [-0.39, 0.29) is 5.75 Å². The summed E-state index contributed by atoms with van der Waals surface area (Å²) in [5.41, 5.74) is 6.07. The Bertz CT molecular complexity index is 509. The lowest BCUT2D eigenvalue weighted by Gasteiger charge is -2.08. The summed E-state index contributed by atoms with van der Waals surface area (Å²) in [5, 5.41) is 4.81. The normalized spacial score (nSPS) is 10.5. The van der Waals surface area contributed by atoms with E-state index in [0.717, 1.165) is 18.2 Å². The van der Waals surface area contributed by atoms with Crippen molar-refractivity contribution >= 4 is 29.4 Å². The molecule has 0 aliphatic carbocycles. The van der Waals surface area contributed by atoms with E-state index in [9.17, 15) is 14.0 Å². The van der Waals surface area contributed by atoms with Gasteiger partial charge in [0.05, 0.1) is 5.75 Å². The van der Waals surface area contributed by atoms with E-state index < -0.39 is 17.8 Å². The van der Waals surface area contributed by atoms with E-state index in [2.05, 4.69) is 10.6 Å². The van der Waals surface area contributed by atoms with Gasteiger partial charge in [-0.1, -0.05) is 13.8 Å². The molecule has 0 heterocycles. The van der Waals surface area contributed by atoms with Crippen LogP contribution in [0.2, 0.25) is 0 Å². The monoisotopic (exact) mass is 313 g/mol. The van der Waals surface area contributed by atoms with E-state index in [4.69, 9.17) is 5.73 Å². The van der Waals surface area contributed by atoms with Crippen molar-refractivity contribution in [2.24, 2.45) is 5.92 Å². The first-order valence-electron chi connectivity index (χ1n) is 6.64. The molecule has 5 nitrogen and oxygen atoms in total. The quantitative estimate of drug-likeness (QED) is 0.556. The highest BCUT2D eigenvalue weighted by molar-refractivity contribution is 8.00. The van der Waals surface area contributed by atoms with Gasteiger partial charge >= 0.3 is 6.03 Å². The number of nitrogen functional groups attached to an aromatic ring is 1. The summed E-state index contributed by atoms with van der Waals surface area (Å²) in [6.45, 7) is 4.61. The van der Waals surface area contributed by atoms with Crippen molar-refractivity contribution in [3.63, 3.8) is 0 Å². The topological polar surface area (TPSA) is 84.2 Å². The number of hydrogen-bond donors (Lipinski definition) is 3. The molecule has 0 saturated heterocycles. The van der Waals surface area contributed by atoms with Gasteiger partial charge in [-0.25, -0.2) is 9.18 Å². The Balaban J connectivity index is 2.33. The number of anilines is 1. The van der Waals surface area contributed by atoms with Gasteiger partial charge in [-0.2, -0.15) is 0 Å². The summed E-state index contributed by atoms with van der Waals surface area (Å²) in [6.07, 6.45) is 0.843. The van der Waals surface area contributed by atoms with Gasteiger partial charge in [-0.05, 0) is 30.5 Å². The van der Waals surface area contributed by atoms with E-state index in [1.807, 2.05) is 13.8 Å². The van der Waals surface area contributed by atoms with Crippen LogP contribution in [0.4, 0.5) is 14.9 Å². The number of carbonyl (C=O) groups is 2. The van der Waals surface area contributed by atoms with Crippen molar-refractivity contribution in [1.82, 2.24) is 10.6 Å². The van der Waals surface area contributed by atoms with Crippen molar-refractivity contribution in [3.8, 4) is 0 Å². The van der Waals surface area contributed by atoms with Crippen LogP contribution in [0.25, 0.3) is 0 Å². The van der Waals surface area contributed by atoms with Gasteiger partial charge in [-0.15, -0.1) is 11.8 Å². The molecule has 0 saturated carbocycles. The van der Waals surface area contributed by atoms with Crippen LogP contribution in [0.1, 0.15) is 20.3 Å². The number of carbonyl (C=O) groups excluding carboxylic acids is 2. The molecule has 21 heavy (non-hydrogen) atoms. The largest absolute Gasteiger partial charge is 0.398 e. The molecule has 0 spiro atoms. The molecule has 0 atom stereocenters. The highest BCUT2D eigenvalue weighted by Crippen LogP contribution is 2.25. The number of benzene rings is 1. The number of rotatable bonds is 6. The molecule has 3 amide bonds. The molecule has 7 heteroatoms. The lowest BCUT2D eigenvalue weighted by Crippen LogP contribution is -2.40. The lowest BCUT2D eigenvalue weighted by molar-refractivity contribution is -0.117. The molecule has 0 fully saturated rings. The SMILES string of the molecule is CC(C)CCNC(=O)NC(=O)CSc1cc(F)ccc1N. The zero-order valence-corrected chi connectivity index (χ0v) is 12.9. The summed E-state index contributed by atoms with van der Waals surface area (Å²) in [6, 6.07) is 3.43. The molecule has 4 N–H and O–H groups in total. The van der Waals surface area contributed by atoms with Crippen molar-refractivity contribution in [2.45, 2.75) is 25.2 Å². The van der Waals surface area contributed by atoms with Gasteiger partial charge in [0, 0.05) is 17.1 Å². The Kier molecular flexibility index (Phi) is 7.01. The van der Waals surface area contributed by atoms with Crippen LogP contribution in [0.3, 0.4) is 0 Å². The summed E-state index contributed by atoms with van der Waals surface area (Å²) in [4.78, 5) is 23.5. The van der Waals surface area contributed by atoms with Crippen LogP contribution in [0.15, 0.2) is 23.1 Å². The maximum Gasteiger partial charge on any atom is 0.321 e. The summed E-state index contributed by atoms with van der Waals surface area (Å²) >= 11 is 1.08. The molecule has 116 valence electrons. The second-order valence-electron chi connectivity index (χ2n) is 4.96. The molecule has 1 aromatic rings. The maximum absolute atomic E-state index is 13.1. The molecular weight excluding hydrogens is 293 g/mol. The highest BCUT2D eigenvalue weighted by atomic mass is 32.2. The lowest BCUT2D eigenvalue weighted by atomic mass is 10.1. The molecule has 0 unspecified atom stereocenters. The van der Waals surface area contributed by atoms with E-state index >= 15 is 0 Å². The first-order chi connectivity index (χ1) is 9.88. The zero-order valence-electron chi connectivity index (χ0n) is 12.1. The summed E-state index contributed by atoms with van der Waals surface area (Å²) < 4.78 is 13.1. The van der Waals surface area contributed by atoms with Gasteiger partial charge in [0.15, 0.2) is 0 Å². The van der Waals surface area contributed by atoms with Gasteiger partial charge in [-0.3, -0.25) is 10.1 Å². The maximum atomic E-state index is 13.1. The fraction of sp³-hybridized carbons (Fsp3) is 0.429. The summed E-state index contributed by atoms with van der Waals surface area (Å²) in [5.74, 6) is -0.401. The Morgan fingerprint density at radius 3 is 2.76 bits per heavy atom. The minimum absolute atomic E-state index is 0.00868. The number of nitrogens with one attached hydrogen (secondary N) is 2. The Morgan fingerprint density at radius 2 is 2.10 bits per heavy atom. The van der Waals surface area contributed by atoms with Crippen molar-refractivity contribution < 1.29 is 14.0 Å². The van der Waals surface area contributed by atoms with Crippen LogP contribution in [0.5, 0.6) is 0 Å². The fourth-order valence-electron chi connectivity index (χ4n) is 1.46. The van der Waals surface area contributed by atoms with Crippen molar-refractivity contribution in [3.05, 3.63) is 24.0 Å². The van der Waals surface area contributed by atoms with E-state index in [1.165, 1.54) is 18.2 Å². The minimum Gasteiger partial charge on any atom is -0.398 e. The number of hydrogen-bond acceptors (Lipinski definition) is 4. The third-order valence-electron chi connectivity index (χ3n) is 2.59. The molecule has 0 aliphatic heterocycles. The number of halogens is 1. The second-order valence-corrected chi connectivity index (χ2v) is 5.97. The molecule has 1 rings (SSSR count). The smallest absolute Gasteiger partial charge is 0.321 e. The number of nitrogens with two attached hydrogens (primary N) is 1. The molecule has 0 aliphatic rings. The van der Waals surface area contributed by atoms with E-state index in [1.54, 1.807) is 0 Å². The molecule has 0 bridgehead atoms. The third-order valence-corrected chi connectivity index (χ3v) is 3.67. The van der Waals surface area contributed by atoms with E-state index in [0.29, 0.717) is 23.0 Å². The van der Waals surface area contributed by atoms with Crippen LogP contribution < -0.4 is 16.4 Å². The van der Waals surface area contributed by atoms with Crippen LogP contribution >= 0.6 is 11.8 Å². The molecule has 0 radical (unpaired) electrons. The standard InChI is InChI=1S/C14H20FN3O2S/c1-9(2)5-6-17-14(20)18-13(19)8-21-12-7-10(15)3-4-11(12)16/h3-4,7,9H,5-6,8,16H2,1-2H3,(H2,17,18,19,20). The van der Waals surface area contributed by atoms with Crippen LogP contribution in [-0.4, -0.2) is 24.2 Å². The van der Waals surface area contributed by atoms with Crippen molar-refractivity contribution in [2.75, 3.05) is 18.0 Å². The van der Waals surface area contributed by atoms with Gasteiger partial charge < -0.3 is 11.1 Å². The summed E-state index contributed by atoms with van der Waals surface area (Å²) in [7, 11) is 0. The molecule has 1 aromatic carbocycles.